The van der Waals surface area contributed by atoms with E-state index in [0.29, 0.717) is 28.5 Å². The summed E-state index contributed by atoms with van der Waals surface area (Å²) in [5, 5.41) is 17.6. The van der Waals surface area contributed by atoms with Gasteiger partial charge in [-0.1, -0.05) is 6.07 Å². The fourth-order valence-corrected chi connectivity index (χ4v) is 2.53. The van der Waals surface area contributed by atoms with Crippen molar-refractivity contribution in [1.29, 1.82) is 5.26 Å². The summed E-state index contributed by atoms with van der Waals surface area (Å²) in [6.45, 7) is 8.78. The molecule has 1 aliphatic heterocycles. The number of nitrogens with zero attached hydrogens (tertiary/aromatic N) is 6. The summed E-state index contributed by atoms with van der Waals surface area (Å²) < 4.78 is 1.57. The Morgan fingerprint density at radius 3 is 2.93 bits per heavy atom. The number of allylic oxidation sites excluding steroid dienone is 1. The zero-order chi connectivity index (χ0) is 19.4. The zero-order valence-corrected chi connectivity index (χ0v) is 14.8. The van der Waals surface area contributed by atoms with Gasteiger partial charge in [0.05, 0.1) is 39.7 Å². The molecule has 8 heteroatoms. The summed E-state index contributed by atoms with van der Waals surface area (Å²) in [4.78, 5) is 20.4. The van der Waals surface area contributed by atoms with Crippen molar-refractivity contribution in [3.8, 4) is 18.3 Å². The number of anilines is 1. The molecule has 0 saturated carbocycles. The van der Waals surface area contributed by atoms with Gasteiger partial charge in [0.25, 0.3) is 5.91 Å². The fourth-order valence-electron chi connectivity index (χ4n) is 2.53. The van der Waals surface area contributed by atoms with Crippen molar-refractivity contribution in [1.82, 2.24) is 14.8 Å². The Morgan fingerprint density at radius 1 is 1.37 bits per heavy atom. The Kier molecular flexibility index (Phi) is 4.82. The first-order valence-corrected chi connectivity index (χ1v) is 8.04. The summed E-state index contributed by atoms with van der Waals surface area (Å²) in [7, 11) is 0. The maximum absolute atomic E-state index is 12.7. The van der Waals surface area contributed by atoms with E-state index < -0.39 is 0 Å². The summed E-state index contributed by atoms with van der Waals surface area (Å²) in [5.41, 5.74) is 2.22. The largest absolute Gasteiger partial charge is 0.307 e. The summed E-state index contributed by atoms with van der Waals surface area (Å²) >= 11 is 0. The molecule has 8 nitrogen and oxygen atoms in total. The molecular formula is C19H16N7O+. The van der Waals surface area contributed by atoms with E-state index in [4.69, 9.17) is 11.8 Å². The Bertz CT molecular complexity index is 1080. The van der Waals surface area contributed by atoms with Gasteiger partial charge in [-0.2, -0.15) is 10.4 Å². The van der Waals surface area contributed by atoms with Gasteiger partial charge in [0.1, 0.15) is 5.82 Å². The van der Waals surface area contributed by atoms with Crippen molar-refractivity contribution in [3.05, 3.63) is 70.2 Å². The highest BCUT2D eigenvalue weighted by Gasteiger charge is 2.23. The Labute approximate surface area is 156 Å². The van der Waals surface area contributed by atoms with E-state index in [0.717, 1.165) is 5.69 Å². The predicted molar refractivity (Wildman–Crippen MR) is 102 cm³/mol. The van der Waals surface area contributed by atoms with E-state index in [1.165, 1.54) is 5.01 Å². The van der Waals surface area contributed by atoms with Crippen LogP contribution >= 0.6 is 0 Å². The second-order valence-electron chi connectivity index (χ2n) is 5.73. The Hall–Kier alpha value is -4.17. The lowest BCUT2D eigenvalue weighted by Gasteiger charge is -2.12. The number of aliphatic imine (C=N–C) groups is 1. The van der Waals surface area contributed by atoms with Gasteiger partial charge >= 0.3 is 6.57 Å². The Balaban J connectivity index is 1.94. The highest BCUT2D eigenvalue weighted by atomic mass is 16.1. The highest BCUT2D eigenvalue weighted by Crippen LogP contribution is 2.21. The fraction of sp³-hybridized carbons (Fsp3) is 0.105. The molecule has 0 aliphatic carbocycles. The maximum Gasteiger partial charge on any atom is 0.305 e. The highest BCUT2D eigenvalue weighted by molar-refractivity contribution is 6.03. The first-order valence-electron chi connectivity index (χ1n) is 8.04. The molecule has 1 N–H and O–H groups in total. The van der Waals surface area contributed by atoms with Crippen LogP contribution < -0.4 is 5.32 Å². The van der Waals surface area contributed by atoms with Gasteiger partial charge in [0, 0.05) is 17.3 Å². The van der Waals surface area contributed by atoms with Crippen LogP contribution in [0.15, 0.2) is 59.0 Å². The van der Waals surface area contributed by atoms with Crippen molar-refractivity contribution in [2.45, 2.75) is 13.8 Å². The SMILES string of the molecule is C#[N+]N1C=CC=NC1=C(C)C(=O)Nc1cc(C)nn1-c1cccc(C#N)c1. The van der Waals surface area contributed by atoms with E-state index in [-0.39, 0.29) is 5.91 Å². The summed E-state index contributed by atoms with van der Waals surface area (Å²) in [5.74, 6) is 0.426. The number of hydrogen-bond acceptors (Lipinski definition) is 5. The van der Waals surface area contributed by atoms with Crippen molar-refractivity contribution in [3.63, 3.8) is 0 Å². The first-order chi connectivity index (χ1) is 13.0. The van der Waals surface area contributed by atoms with Crippen LogP contribution in [0, 0.1) is 24.8 Å². The van der Waals surface area contributed by atoms with Gasteiger partial charge in [-0.25, -0.2) is 9.67 Å². The molecule has 27 heavy (non-hydrogen) atoms. The molecule has 1 aromatic carbocycles. The number of aromatic nitrogens is 2. The van der Waals surface area contributed by atoms with Crippen LogP contribution in [-0.2, 0) is 4.79 Å². The van der Waals surface area contributed by atoms with Crippen LogP contribution in [0.3, 0.4) is 0 Å². The molecule has 1 amide bonds. The molecule has 0 radical (unpaired) electrons. The predicted octanol–water partition coefficient (Wildman–Crippen LogP) is 3.00. The molecule has 3 rings (SSSR count). The van der Waals surface area contributed by atoms with Gasteiger partial charge < -0.3 is 5.32 Å². The molecule has 2 heterocycles. The van der Waals surface area contributed by atoms with E-state index in [9.17, 15) is 4.79 Å². The number of hydrogen-bond donors (Lipinski definition) is 1. The number of aryl methyl sites for hydroxylation is 1. The molecule has 1 aliphatic rings. The van der Waals surface area contributed by atoms with Crippen molar-refractivity contribution in [2.75, 3.05) is 5.32 Å². The maximum atomic E-state index is 12.7. The lowest BCUT2D eigenvalue weighted by Crippen LogP contribution is -2.20. The minimum absolute atomic E-state index is 0.326. The first kappa shape index (κ1) is 17.6. The number of amides is 1. The number of rotatable bonds is 3. The molecule has 1 aromatic heterocycles. The molecule has 0 unspecified atom stereocenters. The quantitative estimate of drug-likeness (QED) is 0.854. The minimum atomic E-state index is -0.372. The third kappa shape index (κ3) is 3.60. The number of nitrogens with one attached hydrogen (secondary N) is 1. The molecule has 0 bridgehead atoms. The third-order valence-electron chi connectivity index (χ3n) is 3.82. The van der Waals surface area contributed by atoms with Gasteiger partial charge in [-0.05, 0) is 38.1 Å². The van der Waals surface area contributed by atoms with E-state index >= 15 is 0 Å². The van der Waals surface area contributed by atoms with Crippen molar-refractivity contribution in [2.24, 2.45) is 4.99 Å². The van der Waals surface area contributed by atoms with Crippen molar-refractivity contribution < 1.29 is 4.79 Å². The van der Waals surface area contributed by atoms with E-state index in [1.54, 1.807) is 60.4 Å². The smallest absolute Gasteiger partial charge is 0.305 e. The standard InChI is InChI=1S/C19H15N7O/c1-13-10-17(26(24-13)16-7-4-6-15(11-16)12-20)23-19(27)14(2)18-22-8-5-9-25(18)21-3/h3-11H,1-2H3/p+1. The lowest BCUT2D eigenvalue weighted by atomic mass is 10.2. The molecular weight excluding hydrogens is 342 g/mol. The van der Waals surface area contributed by atoms with Gasteiger partial charge in [0.15, 0.2) is 0 Å². The van der Waals surface area contributed by atoms with Crippen LogP contribution in [0.25, 0.3) is 10.6 Å². The number of nitriles is 1. The second-order valence-corrected chi connectivity index (χ2v) is 5.73. The van der Waals surface area contributed by atoms with Gasteiger partial charge in [-0.3, -0.25) is 4.79 Å². The molecule has 2 aromatic rings. The average molecular weight is 358 g/mol. The van der Waals surface area contributed by atoms with E-state index in [1.807, 2.05) is 6.92 Å². The molecule has 0 fully saturated rings. The van der Waals surface area contributed by atoms with Gasteiger partial charge in [-0.15, -0.1) is 0 Å². The van der Waals surface area contributed by atoms with Gasteiger partial charge in [0.2, 0.25) is 5.82 Å². The summed E-state index contributed by atoms with van der Waals surface area (Å²) in [6.07, 6.45) is 4.81. The monoisotopic (exact) mass is 358 g/mol. The Morgan fingerprint density at radius 2 is 2.19 bits per heavy atom. The molecule has 0 saturated heterocycles. The number of benzene rings is 1. The molecule has 0 spiro atoms. The molecule has 0 atom stereocenters. The van der Waals surface area contributed by atoms with Crippen LogP contribution in [0.4, 0.5) is 5.82 Å². The van der Waals surface area contributed by atoms with Crippen LogP contribution in [0.1, 0.15) is 18.2 Å². The van der Waals surface area contributed by atoms with Crippen LogP contribution in [0.5, 0.6) is 0 Å². The zero-order valence-electron chi connectivity index (χ0n) is 14.8. The molecule has 132 valence electrons. The normalized spacial score (nSPS) is 14.4. The topological polar surface area (TPSA) is 90.7 Å². The average Bonchev–Trinajstić information content (AvgIpc) is 3.07. The second kappa shape index (κ2) is 7.38. The lowest BCUT2D eigenvalue weighted by molar-refractivity contribution is -0.113. The van der Waals surface area contributed by atoms with Crippen LogP contribution in [-0.4, -0.2) is 26.9 Å². The summed E-state index contributed by atoms with van der Waals surface area (Å²) in [6, 6.07) is 10.8. The number of carbonyl (C=O) groups excluding carboxylic acids is 1. The third-order valence-corrected chi connectivity index (χ3v) is 3.82. The van der Waals surface area contributed by atoms with E-state index in [2.05, 4.69) is 26.4 Å². The van der Waals surface area contributed by atoms with Crippen LogP contribution in [0.2, 0.25) is 0 Å². The van der Waals surface area contributed by atoms with Crippen molar-refractivity contribution >= 4 is 17.9 Å². The minimum Gasteiger partial charge on any atom is -0.307 e. The number of carbonyl (C=O) groups is 1.